The molecule has 30 heavy (non-hydrogen) atoms. The molecular weight excluding hydrogens is 497 g/mol. The molecule has 0 aliphatic carbocycles. The fraction of sp³-hybridized carbons (Fsp3) is 0.619. The Balaban J connectivity index is 0.00000450. The topological polar surface area (TPSA) is 101 Å². The quantitative estimate of drug-likeness (QED) is 0.185. The van der Waals surface area contributed by atoms with Crippen LogP contribution in [0.2, 0.25) is 0 Å². The summed E-state index contributed by atoms with van der Waals surface area (Å²) >= 11 is 0. The summed E-state index contributed by atoms with van der Waals surface area (Å²) in [6, 6.07) is 5.69. The van der Waals surface area contributed by atoms with Crippen LogP contribution in [0.25, 0.3) is 0 Å². The second-order valence-electron chi connectivity index (χ2n) is 7.18. The van der Waals surface area contributed by atoms with Gasteiger partial charge >= 0.3 is 0 Å². The molecule has 0 spiro atoms. The number of benzene rings is 1. The maximum absolute atomic E-state index is 11.2. The van der Waals surface area contributed by atoms with Gasteiger partial charge in [0.05, 0.1) is 14.2 Å². The molecule has 1 aliphatic heterocycles. The Labute approximate surface area is 197 Å². The van der Waals surface area contributed by atoms with Gasteiger partial charge in [0, 0.05) is 30.8 Å². The van der Waals surface area contributed by atoms with E-state index in [0.29, 0.717) is 11.5 Å². The Morgan fingerprint density at radius 2 is 1.90 bits per heavy atom. The van der Waals surface area contributed by atoms with Crippen molar-refractivity contribution in [3.63, 3.8) is 0 Å². The number of amides is 1. The van der Waals surface area contributed by atoms with Gasteiger partial charge in [0.2, 0.25) is 5.91 Å². The number of anilines is 1. The van der Waals surface area contributed by atoms with Crippen LogP contribution in [-0.2, 0) is 4.79 Å². The first-order valence-electron chi connectivity index (χ1n) is 10.4. The lowest BCUT2D eigenvalue weighted by atomic mass is 9.96. The van der Waals surface area contributed by atoms with Gasteiger partial charge in [-0.2, -0.15) is 0 Å². The van der Waals surface area contributed by atoms with E-state index in [-0.39, 0.29) is 35.8 Å². The molecule has 1 fully saturated rings. The van der Waals surface area contributed by atoms with E-state index in [0.717, 1.165) is 70.1 Å². The number of ether oxygens (including phenoxy) is 2. The van der Waals surface area contributed by atoms with Crippen LogP contribution in [0.15, 0.2) is 23.2 Å². The first-order chi connectivity index (χ1) is 14.1. The van der Waals surface area contributed by atoms with E-state index in [4.69, 9.17) is 15.2 Å². The summed E-state index contributed by atoms with van der Waals surface area (Å²) in [5.74, 6) is 2.02. The molecule has 8 nitrogen and oxygen atoms in total. The van der Waals surface area contributed by atoms with Crippen molar-refractivity contribution in [1.82, 2.24) is 10.2 Å². The fourth-order valence-corrected chi connectivity index (χ4v) is 3.44. The van der Waals surface area contributed by atoms with Gasteiger partial charge in [0.1, 0.15) is 0 Å². The van der Waals surface area contributed by atoms with E-state index in [1.807, 2.05) is 25.1 Å². The SMILES string of the molecule is CCNC(=NCCCCN1CCC(C(N)=O)CC1)Nc1ccc(OC)c(OC)c1.I. The lowest BCUT2D eigenvalue weighted by Crippen LogP contribution is -2.38. The molecule has 2 rings (SSSR count). The minimum atomic E-state index is -0.156. The zero-order chi connectivity index (χ0) is 21.1. The number of hydrogen-bond donors (Lipinski definition) is 3. The number of hydrogen-bond acceptors (Lipinski definition) is 5. The summed E-state index contributed by atoms with van der Waals surface area (Å²) in [7, 11) is 3.24. The number of nitrogens with one attached hydrogen (secondary N) is 2. The van der Waals surface area contributed by atoms with E-state index < -0.39 is 0 Å². The van der Waals surface area contributed by atoms with E-state index >= 15 is 0 Å². The zero-order valence-corrected chi connectivity index (χ0v) is 20.6. The normalized spacial score (nSPS) is 15.2. The number of nitrogens with zero attached hydrogens (tertiary/aromatic N) is 2. The molecule has 0 bridgehead atoms. The highest BCUT2D eigenvalue weighted by molar-refractivity contribution is 14.0. The minimum absolute atomic E-state index is 0. The number of primary amides is 1. The molecule has 1 saturated heterocycles. The summed E-state index contributed by atoms with van der Waals surface area (Å²) in [5.41, 5.74) is 6.28. The van der Waals surface area contributed by atoms with Crippen molar-refractivity contribution < 1.29 is 14.3 Å². The first-order valence-corrected chi connectivity index (χ1v) is 10.4. The predicted molar refractivity (Wildman–Crippen MR) is 132 cm³/mol. The smallest absolute Gasteiger partial charge is 0.220 e. The predicted octanol–water partition coefficient (Wildman–Crippen LogP) is 2.68. The number of aliphatic imine (C=N–C) groups is 1. The van der Waals surface area contributed by atoms with Gasteiger partial charge in [0.25, 0.3) is 0 Å². The van der Waals surface area contributed by atoms with Crippen molar-refractivity contribution in [1.29, 1.82) is 0 Å². The summed E-state index contributed by atoms with van der Waals surface area (Å²) in [6.07, 6.45) is 3.86. The summed E-state index contributed by atoms with van der Waals surface area (Å²) in [4.78, 5) is 18.3. The van der Waals surface area contributed by atoms with Crippen molar-refractivity contribution in [3.05, 3.63) is 18.2 Å². The van der Waals surface area contributed by atoms with Gasteiger partial charge in [0.15, 0.2) is 17.5 Å². The van der Waals surface area contributed by atoms with Crippen LogP contribution in [0, 0.1) is 5.92 Å². The third-order valence-electron chi connectivity index (χ3n) is 5.13. The molecular formula is C21H36IN5O3. The Morgan fingerprint density at radius 1 is 1.20 bits per heavy atom. The van der Waals surface area contributed by atoms with Crippen LogP contribution in [0.5, 0.6) is 11.5 Å². The number of carbonyl (C=O) groups is 1. The third kappa shape index (κ3) is 8.55. The van der Waals surface area contributed by atoms with Gasteiger partial charge in [-0.1, -0.05) is 0 Å². The molecule has 4 N–H and O–H groups in total. The molecule has 0 unspecified atom stereocenters. The van der Waals surface area contributed by atoms with Gasteiger partial charge < -0.3 is 30.7 Å². The van der Waals surface area contributed by atoms with Crippen molar-refractivity contribution in [2.45, 2.75) is 32.6 Å². The second kappa shape index (κ2) is 14.3. The largest absolute Gasteiger partial charge is 0.493 e. The average molecular weight is 533 g/mol. The van der Waals surface area contributed by atoms with Crippen molar-refractivity contribution in [3.8, 4) is 11.5 Å². The molecule has 1 aromatic rings. The summed E-state index contributed by atoms with van der Waals surface area (Å²) in [6.45, 7) is 6.54. The van der Waals surface area contributed by atoms with Gasteiger partial charge in [-0.05, 0) is 64.4 Å². The highest BCUT2D eigenvalue weighted by Gasteiger charge is 2.22. The fourth-order valence-electron chi connectivity index (χ4n) is 3.44. The maximum Gasteiger partial charge on any atom is 0.220 e. The Bertz CT molecular complexity index is 679. The van der Waals surface area contributed by atoms with Gasteiger partial charge in [-0.3, -0.25) is 9.79 Å². The van der Waals surface area contributed by atoms with E-state index in [9.17, 15) is 4.79 Å². The molecule has 9 heteroatoms. The van der Waals surface area contributed by atoms with E-state index in [2.05, 4.69) is 20.5 Å². The number of rotatable bonds is 10. The number of halogens is 1. The monoisotopic (exact) mass is 533 g/mol. The van der Waals surface area contributed by atoms with Crippen LogP contribution in [0.1, 0.15) is 32.6 Å². The van der Waals surface area contributed by atoms with Crippen LogP contribution < -0.4 is 25.8 Å². The number of unbranched alkanes of at least 4 members (excludes halogenated alkanes) is 1. The number of piperidine rings is 1. The van der Waals surface area contributed by atoms with E-state index in [1.165, 1.54) is 0 Å². The number of guanidine groups is 1. The Kier molecular flexibility index (Phi) is 12.5. The number of likely N-dealkylation sites (tertiary alicyclic amines) is 1. The number of methoxy groups -OCH3 is 2. The van der Waals surface area contributed by atoms with Crippen LogP contribution >= 0.6 is 24.0 Å². The van der Waals surface area contributed by atoms with E-state index in [1.54, 1.807) is 14.2 Å². The first kappa shape index (κ1) is 26.3. The Morgan fingerprint density at radius 3 is 2.50 bits per heavy atom. The lowest BCUT2D eigenvalue weighted by molar-refractivity contribution is -0.123. The molecule has 1 amide bonds. The average Bonchev–Trinajstić information content (AvgIpc) is 2.73. The molecule has 1 aliphatic rings. The standard InChI is InChI=1S/C21H35N5O3.HI/c1-4-23-21(25-17-7-8-18(28-2)19(15-17)29-3)24-11-5-6-12-26-13-9-16(10-14-26)20(22)27;/h7-8,15-16H,4-6,9-14H2,1-3H3,(H2,22,27)(H2,23,24,25);1H. The summed E-state index contributed by atoms with van der Waals surface area (Å²) < 4.78 is 10.6. The molecule has 0 atom stereocenters. The van der Waals surface area contributed by atoms with Gasteiger partial charge in [-0.15, -0.1) is 24.0 Å². The third-order valence-corrected chi connectivity index (χ3v) is 5.13. The van der Waals surface area contributed by atoms with Crippen LogP contribution in [-0.4, -0.2) is 63.7 Å². The summed E-state index contributed by atoms with van der Waals surface area (Å²) in [5, 5.41) is 6.58. The van der Waals surface area contributed by atoms with Crippen molar-refractivity contribution in [2.24, 2.45) is 16.6 Å². The highest BCUT2D eigenvalue weighted by Crippen LogP contribution is 2.29. The molecule has 1 aromatic carbocycles. The minimum Gasteiger partial charge on any atom is -0.493 e. The van der Waals surface area contributed by atoms with Gasteiger partial charge in [-0.25, -0.2) is 0 Å². The van der Waals surface area contributed by atoms with Crippen molar-refractivity contribution >= 4 is 41.5 Å². The van der Waals surface area contributed by atoms with Crippen LogP contribution in [0.4, 0.5) is 5.69 Å². The molecule has 170 valence electrons. The number of nitrogens with two attached hydrogens (primary N) is 1. The molecule has 0 aromatic heterocycles. The Hall–Kier alpha value is -1.75. The van der Waals surface area contributed by atoms with Crippen molar-refractivity contribution in [2.75, 3.05) is 52.3 Å². The zero-order valence-electron chi connectivity index (χ0n) is 18.3. The van der Waals surface area contributed by atoms with Crippen LogP contribution in [0.3, 0.4) is 0 Å². The molecule has 0 radical (unpaired) electrons. The maximum atomic E-state index is 11.2. The second-order valence-corrected chi connectivity index (χ2v) is 7.18. The molecule has 1 heterocycles. The highest BCUT2D eigenvalue weighted by atomic mass is 127. The number of carbonyl (C=O) groups excluding carboxylic acids is 1. The lowest BCUT2D eigenvalue weighted by Gasteiger charge is -2.30. The molecule has 0 saturated carbocycles.